The van der Waals surface area contributed by atoms with Crippen LogP contribution in [-0.4, -0.2) is 20.6 Å². The van der Waals surface area contributed by atoms with Crippen LogP contribution in [0.1, 0.15) is 35.6 Å². The predicted octanol–water partition coefficient (Wildman–Crippen LogP) is 3.41. The SMILES string of the molecule is CS(=O)(=O)NC(=O)CCc1ccc(OC2CCc3cc(Cl)ccc32)cc1. The van der Waals surface area contributed by atoms with E-state index in [9.17, 15) is 13.2 Å². The Hall–Kier alpha value is -2.05. The summed E-state index contributed by atoms with van der Waals surface area (Å²) in [5.74, 6) is 0.260. The fourth-order valence-corrected chi connectivity index (χ4v) is 3.79. The predicted molar refractivity (Wildman–Crippen MR) is 101 cm³/mol. The van der Waals surface area contributed by atoms with Crippen molar-refractivity contribution < 1.29 is 17.9 Å². The highest BCUT2D eigenvalue weighted by Crippen LogP contribution is 2.36. The molecule has 1 aliphatic rings. The minimum absolute atomic E-state index is 0.0219. The molecule has 26 heavy (non-hydrogen) atoms. The maximum absolute atomic E-state index is 11.5. The first-order valence-electron chi connectivity index (χ1n) is 8.35. The molecule has 0 fully saturated rings. The van der Waals surface area contributed by atoms with Crippen LogP contribution in [0.15, 0.2) is 42.5 Å². The molecule has 3 rings (SSSR count). The van der Waals surface area contributed by atoms with Crippen LogP contribution >= 0.6 is 11.6 Å². The van der Waals surface area contributed by atoms with Crippen molar-refractivity contribution >= 4 is 27.5 Å². The van der Waals surface area contributed by atoms with E-state index in [0.717, 1.165) is 35.4 Å². The second-order valence-electron chi connectivity index (χ2n) is 6.43. The van der Waals surface area contributed by atoms with Gasteiger partial charge >= 0.3 is 0 Å². The standard InChI is InChI=1S/C19H20ClNO4S/c1-26(23,24)21-19(22)11-4-13-2-7-16(8-3-13)25-18-10-5-14-12-15(20)6-9-17(14)18/h2-3,6-9,12,18H,4-5,10-11H2,1H3,(H,21,22). The molecule has 1 atom stereocenters. The van der Waals surface area contributed by atoms with Gasteiger partial charge in [-0.1, -0.05) is 29.8 Å². The van der Waals surface area contributed by atoms with Gasteiger partial charge in [-0.2, -0.15) is 0 Å². The fraction of sp³-hybridized carbons (Fsp3) is 0.316. The van der Waals surface area contributed by atoms with Crippen molar-refractivity contribution in [2.75, 3.05) is 6.26 Å². The molecule has 7 heteroatoms. The van der Waals surface area contributed by atoms with Gasteiger partial charge in [0, 0.05) is 11.4 Å². The number of carbonyl (C=O) groups excluding carboxylic acids is 1. The summed E-state index contributed by atoms with van der Waals surface area (Å²) in [5.41, 5.74) is 3.35. The van der Waals surface area contributed by atoms with E-state index in [0.29, 0.717) is 6.42 Å². The molecule has 0 heterocycles. The highest BCUT2D eigenvalue weighted by atomic mass is 35.5. The molecule has 0 saturated heterocycles. The summed E-state index contributed by atoms with van der Waals surface area (Å²) in [6.07, 6.45) is 3.44. The molecule has 1 N–H and O–H groups in total. The molecule has 0 aliphatic heterocycles. The van der Waals surface area contributed by atoms with Gasteiger partial charge in [-0.05, 0) is 60.2 Å². The number of hydrogen-bond acceptors (Lipinski definition) is 4. The molecule has 0 bridgehead atoms. The average Bonchev–Trinajstić information content (AvgIpc) is 2.94. The van der Waals surface area contributed by atoms with Gasteiger partial charge in [0.15, 0.2) is 0 Å². The molecular weight excluding hydrogens is 374 g/mol. The van der Waals surface area contributed by atoms with Crippen molar-refractivity contribution in [1.29, 1.82) is 0 Å². The number of rotatable bonds is 6. The zero-order valence-corrected chi connectivity index (χ0v) is 15.9. The zero-order chi connectivity index (χ0) is 18.7. The van der Waals surface area contributed by atoms with Crippen LogP contribution in [0, 0.1) is 0 Å². The molecule has 138 valence electrons. The number of fused-ring (bicyclic) bond motifs is 1. The Morgan fingerprint density at radius 1 is 1.23 bits per heavy atom. The van der Waals surface area contributed by atoms with Gasteiger partial charge in [-0.3, -0.25) is 9.52 Å². The Labute approximate surface area is 158 Å². The van der Waals surface area contributed by atoms with E-state index >= 15 is 0 Å². The lowest BCUT2D eigenvalue weighted by Gasteiger charge is -2.15. The lowest BCUT2D eigenvalue weighted by Crippen LogP contribution is -2.29. The number of sulfonamides is 1. The van der Waals surface area contributed by atoms with Gasteiger partial charge in [-0.25, -0.2) is 8.42 Å². The van der Waals surface area contributed by atoms with E-state index in [1.165, 1.54) is 11.1 Å². The van der Waals surface area contributed by atoms with Crippen LogP contribution < -0.4 is 9.46 Å². The minimum atomic E-state index is -3.50. The van der Waals surface area contributed by atoms with Crippen molar-refractivity contribution in [2.45, 2.75) is 31.8 Å². The fourth-order valence-electron chi connectivity index (χ4n) is 3.08. The van der Waals surface area contributed by atoms with Gasteiger partial charge < -0.3 is 4.74 Å². The van der Waals surface area contributed by atoms with E-state index in [-0.39, 0.29) is 12.5 Å². The van der Waals surface area contributed by atoms with Gasteiger partial charge in [0.1, 0.15) is 11.9 Å². The smallest absolute Gasteiger partial charge is 0.233 e. The number of benzene rings is 2. The molecule has 1 aliphatic carbocycles. The maximum atomic E-state index is 11.5. The van der Waals surface area contributed by atoms with E-state index in [4.69, 9.17) is 16.3 Å². The van der Waals surface area contributed by atoms with Crippen molar-refractivity contribution in [3.63, 3.8) is 0 Å². The number of carbonyl (C=O) groups is 1. The molecule has 2 aromatic carbocycles. The highest BCUT2D eigenvalue weighted by molar-refractivity contribution is 7.89. The molecule has 0 aromatic heterocycles. The summed E-state index contributed by atoms with van der Waals surface area (Å²) in [5, 5.41) is 0.744. The van der Waals surface area contributed by atoms with Crippen molar-refractivity contribution in [2.24, 2.45) is 0 Å². The monoisotopic (exact) mass is 393 g/mol. The van der Waals surface area contributed by atoms with Crippen molar-refractivity contribution in [3.8, 4) is 5.75 Å². The van der Waals surface area contributed by atoms with E-state index < -0.39 is 15.9 Å². The third kappa shape index (κ3) is 4.99. The van der Waals surface area contributed by atoms with E-state index in [2.05, 4.69) is 0 Å². The van der Waals surface area contributed by atoms with E-state index in [1.54, 1.807) is 0 Å². The minimum Gasteiger partial charge on any atom is -0.486 e. The summed E-state index contributed by atoms with van der Waals surface area (Å²) in [6, 6.07) is 13.4. The van der Waals surface area contributed by atoms with Crippen LogP contribution in [0.25, 0.3) is 0 Å². The third-order valence-electron chi connectivity index (χ3n) is 4.27. The molecule has 0 saturated carbocycles. The summed E-state index contributed by atoms with van der Waals surface area (Å²) in [6.45, 7) is 0. The number of aryl methyl sites for hydroxylation is 2. The molecule has 2 aromatic rings. The van der Waals surface area contributed by atoms with Gasteiger partial charge in [0.2, 0.25) is 15.9 Å². The quantitative estimate of drug-likeness (QED) is 0.816. The Kier molecular flexibility index (Phi) is 5.53. The number of halogens is 1. The maximum Gasteiger partial charge on any atom is 0.233 e. The molecule has 1 amide bonds. The lowest BCUT2D eigenvalue weighted by atomic mass is 10.1. The Morgan fingerprint density at radius 3 is 2.65 bits per heavy atom. The largest absolute Gasteiger partial charge is 0.486 e. The summed E-state index contributed by atoms with van der Waals surface area (Å²) in [4.78, 5) is 11.5. The van der Waals surface area contributed by atoms with Crippen molar-refractivity contribution in [3.05, 3.63) is 64.2 Å². The van der Waals surface area contributed by atoms with Crippen LogP contribution in [0.2, 0.25) is 5.02 Å². The van der Waals surface area contributed by atoms with E-state index in [1.807, 2.05) is 47.2 Å². The van der Waals surface area contributed by atoms with Crippen LogP contribution in [0.5, 0.6) is 5.75 Å². The Bertz CT molecular complexity index is 910. The molecule has 0 radical (unpaired) electrons. The highest BCUT2D eigenvalue weighted by Gasteiger charge is 2.24. The first kappa shape index (κ1) is 18.7. The Morgan fingerprint density at radius 2 is 1.96 bits per heavy atom. The first-order valence-corrected chi connectivity index (χ1v) is 10.6. The number of nitrogens with one attached hydrogen (secondary N) is 1. The Balaban J connectivity index is 1.57. The zero-order valence-electron chi connectivity index (χ0n) is 14.4. The number of amides is 1. The van der Waals surface area contributed by atoms with Gasteiger partial charge in [-0.15, -0.1) is 0 Å². The second-order valence-corrected chi connectivity index (χ2v) is 8.61. The van der Waals surface area contributed by atoms with Crippen LogP contribution in [0.4, 0.5) is 0 Å². The molecule has 5 nitrogen and oxygen atoms in total. The summed E-state index contributed by atoms with van der Waals surface area (Å²) < 4.78 is 30.1. The average molecular weight is 394 g/mol. The number of ether oxygens (including phenoxy) is 1. The summed E-state index contributed by atoms with van der Waals surface area (Å²) in [7, 11) is -3.50. The van der Waals surface area contributed by atoms with Crippen molar-refractivity contribution in [1.82, 2.24) is 4.72 Å². The van der Waals surface area contributed by atoms with Gasteiger partial charge in [0.05, 0.1) is 6.26 Å². The first-order chi connectivity index (χ1) is 12.3. The molecular formula is C19H20ClNO4S. The molecule has 1 unspecified atom stereocenters. The lowest BCUT2D eigenvalue weighted by molar-refractivity contribution is -0.119. The van der Waals surface area contributed by atoms with Crippen LogP contribution in [-0.2, 0) is 27.7 Å². The van der Waals surface area contributed by atoms with Gasteiger partial charge in [0.25, 0.3) is 0 Å². The second kappa shape index (κ2) is 7.68. The third-order valence-corrected chi connectivity index (χ3v) is 5.10. The van der Waals surface area contributed by atoms with Crippen LogP contribution in [0.3, 0.4) is 0 Å². The summed E-state index contributed by atoms with van der Waals surface area (Å²) >= 11 is 6.03. The normalized spacial score (nSPS) is 16.2. The molecule has 0 spiro atoms. The number of hydrogen-bond donors (Lipinski definition) is 1. The topological polar surface area (TPSA) is 72.5 Å².